The van der Waals surface area contributed by atoms with Crippen LogP contribution < -0.4 is 9.46 Å². The van der Waals surface area contributed by atoms with Crippen LogP contribution in [0.25, 0.3) is 11.3 Å². The fourth-order valence-electron chi connectivity index (χ4n) is 5.38. The van der Waals surface area contributed by atoms with Crippen LogP contribution in [0.4, 0.5) is 5.95 Å². The number of nitrogens with zero attached hydrogens (tertiary/aromatic N) is 3. The SMILES string of the molecule is Cc1cccc(C)c1-c1cc2nc(n1)NS(=O)(=O)c1cccc(c1)C(=O)N(Cc1cccc(Br)c1)[C@H](CC(C)(C)C)CO2. The predicted molar refractivity (Wildman–Crippen MR) is 172 cm³/mol. The molecule has 1 aromatic heterocycles. The smallest absolute Gasteiger partial charge is 0.264 e. The molecule has 0 unspecified atom stereocenters. The van der Waals surface area contributed by atoms with Crippen LogP contribution in [0.15, 0.2) is 82.2 Å². The van der Waals surface area contributed by atoms with Gasteiger partial charge in [-0.3, -0.25) is 4.79 Å². The molecule has 1 aliphatic rings. The zero-order valence-corrected chi connectivity index (χ0v) is 27.3. The second-order valence-corrected chi connectivity index (χ2v) is 14.7. The van der Waals surface area contributed by atoms with E-state index >= 15 is 0 Å². The van der Waals surface area contributed by atoms with Crippen LogP contribution in [-0.2, 0) is 16.6 Å². The second kappa shape index (κ2) is 12.1. The van der Waals surface area contributed by atoms with Gasteiger partial charge in [-0.15, -0.1) is 0 Å². The van der Waals surface area contributed by atoms with Crippen LogP contribution in [0.3, 0.4) is 0 Å². The second-order valence-electron chi connectivity index (χ2n) is 12.1. The van der Waals surface area contributed by atoms with Gasteiger partial charge in [-0.2, -0.15) is 4.98 Å². The van der Waals surface area contributed by atoms with E-state index in [0.29, 0.717) is 18.7 Å². The number of anilines is 1. The Morgan fingerprint density at radius 1 is 0.977 bits per heavy atom. The molecule has 3 aromatic carbocycles. The van der Waals surface area contributed by atoms with Gasteiger partial charge >= 0.3 is 0 Å². The summed E-state index contributed by atoms with van der Waals surface area (Å²) in [6, 6.07) is 21.2. The van der Waals surface area contributed by atoms with Crippen LogP contribution in [0.2, 0.25) is 0 Å². The molecule has 0 saturated heterocycles. The van der Waals surface area contributed by atoms with Crippen molar-refractivity contribution in [1.82, 2.24) is 14.9 Å². The summed E-state index contributed by atoms with van der Waals surface area (Å²) in [6.07, 6.45) is 0.630. The number of rotatable bonds is 4. The zero-order chi connectivity index (χ0) is 30.9. The summed E-state index contributed by atoms with van der Waals surface area (Å²) in [5.74, 6) is -0.183. The summed E-state index contributed by atoms with van der Waals surface area (Å²) in [7, 11) is -4.13. The van der Waals surface area contributed by atoms with Crippen molar-refractivity contribution < 1.29 is 17.9 Å². The third-order valence-corrected chi connectivity index (χ3v) is 9.09. The molecule has 2 heterocycles. The minimum Gasteiger partial charge on any atom is -0.475 e. The number of fused-ring (bicyclic) bond motifs is 4. The Hall–Kier alpha value is -3.76. The molecular weight excluding hydrogens is 628 g/mol. The Kier molecular flexibility index (Phi) is 8.63. The van der Waals surface area contributed by atoms with Crippen LogP contribution in [0.5, 0.6) is 5.88 Å². The van der Waals surface area contributed by atoms with Crippen LogP contribution in [0, 0.1) is 19.3 Å². The molecule has 0 fully saturated rings. The zero-order valence-electron chi connectivity index (χ0n) is 24.9. The molecule has 0 saturated carbocycles. The lowest BCUT2D eigenvalue weighted by Gasteiger charge is -2.36. The number of hydrogen-bond acceptors (Lipinski definition) is 6. The molecule has 224 valence electrons. The number of amides is 1. The average molecular weight is 664 g/mol. The van der Waals surface area contributed by atoms with E-state index in [1.807, 2.05) is 56.3 Å². The number of nitrogens with one attached hydrogen (secondary N) is 1. The van der Waals surface area contributed by atoms with Crippen molar-refractivity contribution in [3.63, 3.8) is 0 Å². The number of ether oxygens (including phenoxy) is 1. The summed E-state index contributed by atoms with van der Waals surface area (Å²) in [6.45, 7) is 10.8. The molecule has 43 heavy (non-hydrogen) atoms. The first-order valence-electron chi connectivity index (χ1n) is 14.1. The molecule has 10 heteroatoms. The average Bonchev–Trinajstić information content (AvgIpc) is 2.92. The fraction of sp³-hybridized carbons (Fsp3) is 0.303. The number of carbonyl (C=O) groups excluding carboxylic acids is 1. The van der Waals surface area contributed by atoms with E-state index in [1.165, 1.54) is 12.1 Å². The molecule has 4 bridgehead atoms. The van der Waals surface area contributed by atoms with Crippen molar-refractivity contribution in [1.29, 1.82) is 0 Å². The quantitative estimate of drug-likeness (QED) is 0.249. The largest absolute Gasteiger partial charge is 0.475 e. The van der Waals surface area contributed by atoms with Crippen molar-refractivity contribution in [2.75, 3.05) is 11.3 Å². The van der Waals surface area contributed by atoms with Crippen molar-refractivity contribution in [3.8, 4) is 17.1 Å². The Balaban J connectivity index is 1.68. The monoisotopic (exact) mass is 662 g/mol. The molecule has 8 nitrogen and oxygen atoms in total. The molecular formula is C33H35BrN4O4S. The van der Waals surface area contributed by atoms with Gasteiger partial charge in [0.05, 0.1) is 16.6 Å². The van der Waals surface area contributed by atoms with E-state index in [4.69, 9.17) is 4.74 Å². The van der Waals surface area contributed by atoms with Gasteiger partial charge in [-0.05, 0) is 72.7 Å². The van der Waals surface area contributed by atoms with Gasteiger partial charge in [-0.25, -0.2) is 18.1 Å². The van der Waals surface area contributed by atoms with Gasteiger partial charge in [0.25, 0.3) is 15.9 Å². The first kappa shape index (κ1) is 30.7. The Bertz CT molecular complexity index is 1770. The molecule has 1 aliphatic heterocycles. The number of halogens is 1. The summed E-state index contributed by atoms with van der Waals surface area (Å²) in [4.78, 5) is 25.0. The third-order valence-electron chi connectivity index (χ3n) is 7.27. The van der Waals surface area contributed by atoms with Crippen molar-refractivity contribution in [3.05, 3.63) is 99.5 Å². The Morgan fingerprint density at radius 3 is 2.37 bits per heavy atom. The minimum absolute atomic E-state index is 0.0593. The predicted octanol–water partition coefficient (Wildman–Crippen LogP) is 7.16. The summed E-state index contributed by atoms with van der Waals surface area (Å²) < 4.78 is 36.9. The Morgan fingerprint density at radius 2 is 1.67 bits per heavy atom. The molecule has 5 rings (SSSR count). The van der Waals surface area contributed by atoms with Gasteiger partial charge in [0, 0.05) is 28.2 Å². The topological polar surface area (TPSA) is 101 Å². The van der Waals surface area contributed by atoms with E-state index < -0.39 is 10.0 Å². The fourth-order valence-corrected chi connectivity index (χ4v) is 6.81. The number of aromatic nitrogens is 2. The number of hydrogen-bond donors (Lipinski definition) is 1. The third kappa shape index (κ3) is 7.25. The summed E-state index contributed by atoms with van der Waals surface area (Å²) in [5, 5.41) is 0. The first-order chi connectivity index (χ1) is 20.3. The lowest BCUT2D eigenvalue weighted by molar-refractivity contribution is 0.0513. The maximum Gasteiger partial charge on any atom is 0.264 e. The highest BCUT2D eigenvalue weighted by atomic mass is 79.9. The van der Waals surface area contributed by atoms with Crippen molar-refractivity contribution >= 4 is 37.8 Å². The molecule has 0 radical (unpaired) electrons. The summed E-state index contributed by atoms with van der Waals surface area (Å²) >= 11 is 3.54. The summed E-state index contributed by atoms with van der Waals surface area (Å²) in [5.41, 5.74) is 4.43. The maximum atomic E-state index is 14.2. The highest BCUT2D eigenvalue weighted by molar-refractivity contribution is 9.10. The highest BCUT2D eigenvalue weighted by Gasteiger charge is 2.31. The van der Waals surface area contributed by atoms with Crippen molar-refractivity contribution in [2.45, 2.75) is 58.5 Å². The number of carbonyl (C=O) groups is 1. The molecule has 1 amide bonds. The normalized spacial score (nSPS) is 16.7. The van der Waals surface area contributed by atoms with Gasteiger partial charge in [0.15, 0.2) is 0 Å². The molecule has 1 N–H and O–H groups in total. The molecule has 1 atom stereocenters. The van der Waals surface area contributed by atoms with Gasteiger partial charge in [0.2, 0.25) is 11.8 Å². The van der Waals surface area contributed by atoms with Gasteiger partial charge in [0.1, 0.15) is 6.61 Å². The van der Waals surface area contributed by atoms with E-state index in [2.05, 4.69) is 51.4 Å². The minimum atomic E-state index is -4.13. The number of benzene rings is 3. The highest BCUT2D eigenvalue weighted by Crippen LogP contribution is 2.32. The van der Waals surface area contributed by atoms with Gasteiger partial charge in [-0.1, -0.05) is 73.1 Å². The molecule has 0 aliphatic carbocycles. The first-order valence-corrected chi connectivity index (χ1v) is 16.3. The number of aryl methyl sites for hydroxylation is 2. The molecule has 4 aromatic rings. The van der Waals surface area contributed by atoms with E-state index in [0.717, 1.165) is 26.7 Å². The van der Waals surface area contributed by atoms with Crippen LogP contribution in [0.1, 0.15) is 54.2 Å². The van der Waals surface area contributed by atoms with Crippen LogP contribution >= 0.6 is 15.9 Å². The lowest BCUT2D eigenvalue weighted by Crippen LogP contribution is -2.45. The van der Waals surface area contributed by atoms with E-state index in [-0.39, 0.29) is 46.3 Å². The van der Waals surface area contributed by atoms with E-state index in [9.17, 15) is 13.2 Å². The van der Waals surface area contributed by atoms with Gasteiger partial charge < -0.3 is 9.64 Å². The van der Waals surface area contributed by atoms with Crippen molar-refractivity contribution in [2.24, 2.45) is 5.41 Å². The Labute approximate surface area is 261 Å². The van der Waals surface area contributed by atoms with E-state index in [1.54, 1.807) is 23.1 Å². The van der Waals surface area contributed by atoms with Crippen LogP contribution in [-0.4, -0.2) is 41.8 Å². The number of sulfonamides is 1. The lowest BCUT2D eigenvalue weighted by atomic mass is 9.87. The standard InChI is InChI=1S/C33H35BrN4O4S/c1-21-9-6-10-22(2)30(21)28-17-29-36-32(35-28)37-43(40,41)27-14-8-12-24(16-27)31(39)38(19-23-11-7-13-25(34)15-23)26(20-42-29)18-33(3,4)5/h6-17,26H,18-20H2,1-5H3,(H,35,36,37)/t26-/m1/s1. The molecule has 0 spiro atoms. The maximum absolute atomic E-state index is 14.2.